The van der Waals surface area contributed by atoms with E-state index in [2.05, 4.69) is 20.5 Å². The van der Waals surface area contributed by atoms with Crippen molar-refractivity contribution in [2.45, 2.75) is 20.3 Å². The molecule has 1 atom stereocenters. The van der Waals surface area contributed by atoms with Crippen LogP contribution in [0.15, 0.2) is 42.7 Å². The number of nitrogens with one attached hydrogen (secondary N) is 2. The Morgan fingerprint density at radius 3 is 2.73 bits per heavy atom. The van der Waals surface area contributed by atoms with Crippen LogP contribution in [-0.4, -0.2) is 40.7 Å². The van der Waals surface area contributed by atoms with Gasteiger partial charge in [0.15, 0.2) is 5.82 Å². The number of anilines is 2. The minimum atomic E-state index is -0.469. The molecule has 1 saturated heterocycles. The van der Waals surface area contributed by atoms with Crippen molar-refractivity contribution < 1.29 is 14.3 Å². The first-order valence-electron chi connectivity index (χ1n) is 9.69. The Hall–Kier alpha value is -3.68. The summed E-state index contributed by atoms with van der Waals surface area (Å²) in [6, 6.07) is 9.40. The molecule has 1 aliphatic heterocycles. The molecule has 0 bridgehead atoms. The van der Waals surface area contributed by atoms with Crippen molar-refractivity contribution in [3.63, 3.8) is 0 Å². The third-order valence-electron chi connectivity index (χ3n) is 5.34. The highest BCUT2D eigenvalue weighted by Crippen LogP contribution is 2.34. The number of benzene rings is 1. The van der Waals surface area contributed by atoms with Gasteiger partial charge in [-0.2, -0.15) is 5.10 Å². The quantitative estimate of drug-likeness (QED) is 0.679. The highest BCUT2D eigenvalue weighted by atomic mass is 16.5. The second-order valence-electron chi connectivity index (χ2n) is 7.38. The van der Waals surface area contributed by atoms with E-state index in [-0.39, 0.29) is 18.2 Å². The lowest BCUT2D eigenvalue weighted by Crippen LogP contribution is -2.28. The summed E-state index contributed by atoms with van der Waals surface area (Å²) in [5, 5.41) is 10.1. The van der Waals surface area contributed by atoms with Crippen molar-refractivity contribution in [1.29, 1.82) is 0 Å². The maximum atomic E-state index is 12.9. The van der Waals surface area contributed by atoms with Crippen molar-refractivity contribution in [2.24, 2.45) is 5.92 Å². The molecule has 154 valence electrons. The van der Waals surface area contributed by atoms with Crippen LogP contribution in [0.3, 0.4) is 0 Å². The topological polar surface area (TPSA) is 100 Å². The largest absolute Gasteiger partial charge is 0.495 e. The first kappa shape index (κ1) is 19.6. The Kier molecular flexibility index (Phi) is 5.22. The molecule has 0 radical (unpaired) electrons. The van der Waals surface area contributed by atoms with Gasteiger partial charge in [0.2, 0.25) is 11.8 Å². The number of carbonyl (C=O) groups excluding carboxylic acids is 2. The van der Waals surface area contributed by atoms with Gasteiger partial charge in [-0.05, 0) is 43.7 Å². The molecular formula is C22H23N5O3. The smallest absolute Gasteiger partial charge is 0.231 e. The first-order valence-corrected chi connectivity index (χ1v) is 9.69. The van der Waals surface area contributed by atoms with E-state index in [4.69, 9.17) is 4.74 Å². The molecule has 2 amide bonds. The number of nitrogens with zero attached hydrogens (tertiary/aromatic N) is 3. The summed E-state index contributed by atoms with van der Waals surface area (Å²) in [6.07, 6.45) is 3.54. The Morgan fingerprint density at radius 1 is 1.23 bits per heavy atom. The molecule has 3 heterocycles. The zero-order chi connectivity index (χ0) is 21.3. The minimum Gasteiger partial charge on any atom is -0.495 e. The van der Waals surface area contributed by atoms with Crippen LogP contribution < -0.4 is 15.0 Å². The second kappa shape index (κ2) is 7.98. The fourth-order valence-corrected chi connectivity index (χ4v) is 3.66. The molecule has 0 spiro atoms. The third kappa shape index (κ3) is 3.63. The van der Waals surface area contributed by atoms with E-state index in [1.807, 2.05) is 44.2 Å². The number of H-pyrrole nitrogens is 1. The highest BCUT2D eigenvalue weighted by molar-refractivity contribution is 6.04. The van der Waals surface area contributed by atoms with Gasteiger partial charge in [0.25, 0.3) is 0 Å². The molecule has 4 rings (SSSR count). The minimum absolute atomic E-state index is 0.102. The summed E-state index contributed by atoms with van der Waals surface area (Å²) in [7, 11) is 1.57. The Balaban J connectivity index is 1.50. The Morgan fingerprint density at radius 2 is 2.00 bits per heavy atom. The molecule has 8 nitrogen and oxygen atoms in total. The molecule has 1 unspecified atom stereocenters. The van der Waals surface area contributed by atoms with E-state index in [9.17, 15) is 9.59 Å². The SMILES string of the molecule is COc1ccc(C)cc1N1CC(C(=O)Nc2n[nH]c(-c3ccncc3)c2C)CC1=O. The van der Waals surface area contributed by atoms with E-state index >= 15 is 0 Å². The predicted octanol–water partition coefficient (Wildman–Crippen LogP) is 3.09. The van der Waals surface area contributed by atoms with Crippen LogP contribution >= 0.6 is 0 Å². The molecule has 1 aromatic carbocycles. The predicted molar refractivity (Wildman–Crippen MR) is 113 cm³/mol. The average molecular weight is 405 g/mol. The molecule has 8 heteroatoms. The fraction of sp³-hybridized carbons (Fsp3) is 0.273. The van der Waals surface area contributed by atoms with Gasteiger partial charge in [-0.15, -0.1) is 0 Å². The number of aromatic amines is 1. The molecule has 30 heavy (non-hydrogen) atoms. The second-order valence-corrected chi connectivity index (χ2v) is 7.38. The van der Waals surface area contributed by atoms with E-state index in [1.165, 1.54) is 0 Å². The van der Waals surface area contributed by atoms with E-state index in [0.717, 1.165) is 22.4 Å². The van der Waals surface area contributed by atoms with Gasteiger partial charge in [0.1, 0.15) is 5.75 Å². The van der Waals surface area contributed by atoms with Crippen molar-refractivity contribution in [1.82, 2.24) is 15.2 Å². The van der Waals surface area contributed by atoms with E-state index in [1.54, 1.807) is 24.4 Å². The van der Waals surface area contributed by atoms with E-state index in [0.29, 0.717) is 23.8 Å². The first-order chi connectivity index (χ1) is 14.5. The molecular weight excluding hydrogens is 382 g/mol. The molecule has 2 aromatic heterocycles. The zero-order valence-electron chi connectivity index (χ0n) is 17.1. The summed E-state index contributed by atoms with van der Waals surface area (Å²) in [5.41, 5.74) is 4.29. The summed E-state index contributed by atoms with van der Waals surface area (Å²) in [4.78, 5) is 31.1. The summed E-state index contributed by atoms with van der Waals surface area (Å²) >= 11 is 0. The molecule has 1 aliphatic rings. The van der Waals surface area contributed by atoms with Crippen LogP contribution in [0.1, 0.15) is 17.5 Å². The number of hydrogen-bond acceptors (Lipinski definition) is 5. The number of aromatic nitrogens is 3. The van der Waals surface area contributed by atoms with Crippen molar-refractivity contribution in [3.8, 4) is 17.0 Å². The van der Waals surface area contributed by atoms with Crippen molar-refractivity contribution in [3.05, 3.63) is 53.9 Å². The van der Waals surface area contributed by atoms with Crippen LogP contribution in [0.5, 0.6) is 5.75 Å². The van der Waals surface area contributed by atoms with Gasteiger partial charge >= 0.3 is 0 Å². The van der Waals surface area contributed by atoms with Crippen LogP contribution in [0.25, 0.3) is 11.3 Å². The molecule has 1 fully saturated rings. The standard InChI is InChI=1S/C22H23N5O3/c1-13-4-5-18(30-3)17(10-13)27-12-16(11-19(27)28)22(29)24-21-14(2)20(25-26-21)15-6-8-23-9-7-15/h4-10,16H,11-12H2,1-3H3,(H2,24,25,26,29). The lowest BCUT2D eigenvalue weighted by atomic mass is 10.1. The number of pyridine rings is 1. The lowest BCUT2D eigenvalue weighted by molar-refractivity contribution is -0.122. The van der Waals surface area contributed by atoms with Gasteiger partial charge in [-0.1, -0.05) is 6.07 Å². The number of carbonyl (C=O) groups is 2. The monoisotopic (exact) mass is 405 g/mol. The summed E-state index contributed by atoms with van der Waals surface area (Å²) in [6.45, 7) is 4.14. The Labute approximate surface area is 174 Å². The van der Waals surface area contributed by atoms with E-state index < -0.39 is 5.92 Å². The van der Waals surface area contributed by atoms with Gasteiger partial charge in [-0.25, -0.2) is 0 Å². The third-order valence-corrected chi connectivity index (χ3v) is 5.34. The van der Waals surface area contributed by atoms with Gasteiger partial charge in [0, 0.05) is 36.5 Å². The maximum absolute atomic E-state index is 12.9. The normalized spacial score (nSPS) is 16.0. The lowest BCUT2D eigenvalue weighted by Gasteiger charge is -2.20. The van der Waals surface area contributed by atoms with Crippen LogP contribution in [0, 0.1) is 19.8 Å². The number of rotatable bonds is 5. The van der Waals surface area contributed by atoms with Crippen molar-refractivity contribution >= 4 is 23.3 Å². The fourth-order valence-electron chi connectivity index (χ4n) is 3.66. The van der Waals surface area contributed by atoms with Crippen LogP contribution in [-0.2, 0) is 9.59 Å². The van der Waals surface area contributed by atoms with Crippen molar-refractivity contribution in [2.75, 3.05) is 23.9 Å². The number of amides is 2. The maximum Gasteiger partial charge on any atom is 0.231 e. The zero-order valence-corrected chi connectivity index (χ0v) is 17.1. The van der Waals surface area contributed by atoms with Crippen LogP contribution in [0.4, 0.5) is 11.5 Å². The van der Waals surface area contributed by atoms with Crippen LogP contribution in [0.2, 0.25) is 0 Å². The summed E-state index contributed by atoms with van der Waals surface area (Å²) in [5.74, 6) is 0.276. The molecule has 3 aromatic rings. The molecule has 0 aliphatic carbocycles. The number of hydrogen-bond donors (Lipinski definition) is 2. The highest BCUT2D eigenvalue weighted by Gasteiger charge is 2.36. The average Bonchev–Trinajstić information content (AvgIpc) is 3.31. The Bertz CT molecular complexity index is 1090. The number of ether oxygens (including phenoxy) is 1. The molecule has 2 N–H and O–H groups in total. The number of aryl methyl sites for hydroxylation is 1. The van der Waals surface area contributed by atoms with Gasteiger partial charge in [-0.3, -0.25) is 19.7 Å². The van der Waals surface area contributed by atoms with Gasteiger partial charge < -0.3 is 15.0 Å². The van der Waals surface area contributed by atoms with Gasteiger partial charge in [0.05, 0.1) is 24.4 Å². The molecule has 0 saturated carbocycles. The summed E-state index contributed by atoms with van der Waals surface area (Å²) < 4.78 is 5.40. The number of methoxy groups -OCH3 is 1.